The van der Waals surface area contributed by atoms with Gasteiger partial charge >= 0.3 is 0 Å². The van der Waals surface area contributed by atoms with Crippen molar-refractivity contribution in [3.05, 3.63) is 66.1 Å². The Bertz CT molecular complexity index is 1500. The summed E-state index contributed by atoms with van der Waals surface area (Å²) in [7, 11) is -0.414. The minimum absolute atomic E-state index is 0.0407. The average molecular weight is 540 g/mol. The molecule has 0 spiro atoms. The average Bonchev–Trinajstić information content (AvgIpc) is 3.22. The van der Waals surface area contributed by atoms with Crippen LogP contribution < -0.4 is 14.8 Å². The highest BCUT2D eigenvalue weighted by Gasteiger charge is 2.17. The van der Waals surface area contributed by atoms with Crippen LogP contribution in [0.4, 0.5) is 11.5 Å². The minimum Gasteiger partial charge on any atom is -0.497 e. The number of aromatic nitrogens is 5. The maximum absolute atomic E-state index is 12.7. The Balaban J connectivity index is 1.35. The minimum atomic E-state index is -3.85. The number of methoxy groups -OCH3 is 1. The summed E-state index contributed by atoms with van der Waals surface area (Å²) in [5, 5.41) is 11.7. The highest BCUT2D eigenvalue weighted by atomic mass is 32.2. The predicted octanol–water partition coefficient (Wildman–Crippen LogP) is 3.43. The lowest BCUT2D eigenvalue weighted by Gasteiger charge is -2.10. The molecule has 0 saturated heterocycles. The molecule has 2 heterocycles. The standard InChI is InChI=1S/C24H25N7O4S2/c1-15-13-21(26-16(2)25-15)30-37(33,34)20-11-7-18(8-12-20)27-22(32)14-36-24-29-28-23(31(24)3)17-5-9-19(35-4)10-6-17/h5-13H,14H2,1-4H3,(H,27,32)(H,25,26,30). The molecular weight excluding hydrogens is 514 g/mol. The van der Waals surface area contributed by atoms with Gasteiger partial charge in [0.25, 0.3) is 10.0 Å². The van der Waals surface area contributed by atoms with Crippen molar-refractivity contribution in [2.45, 2.75) is 23.9 Å². The first-order chi connectivity index (χ1) is 17.6. The number of hydrogen-bond donors (Lipinski definition) is 2. The molecule has 0 bridgehead atoms. The Morgan fingerprint density at radius 3 is 2.38 bits per heavy atom. The predicted molar refractivity (Wildman–Crippen MR) is 141 cm³/mol. The molecule has 37 heavy (non-hydrogen) atoms. The van der Waals surface area contributed by atoms with E-state index in [9.17, 15) is 13.2 Å². The first-order valence-corrected chi connectivity index (χ1v) is 13.5. The molecule has 0 aliphatic heterocycles. The molecule has 2 aromatic carbocycles. The number of aryl methyl sites for hydroxylation is 2. The third kappa shape index (κ3) is 6.43. The molecule has 2 aromatic heterocycles. The van der Waals surface area contributed by atoms with E-state index in [4.69, 9.17) is 4.74 Å². The maximum Gasteiger partial charge on any atom is 0.263 e. The molecule has 0 radical (unpaired) electrons. The van der Waals surface area contributed by atoms with E-state index in [1.54, 1.807) is 27.0 Å². The van der Waals surface area contributed by atoms with Gasteiger partial charge in [0.15, 0.2) is 11.0 Å². The first kappa shape index (κ1) is 26.1. The third-order valence-corrected chi connectivity index (χ3v) is 7.56. The lowest BCUT2D eigenvalue weighted by molar-refractivity contribution is -0.113. The number of nitrogens with one attached hydrogen (secondary N) is 2. The second-order valence-corrected chi connectivity index (χ2v) is 10.6. The normalized spacial score (nSPS) is 11.2. The van der Waals surface area contributed by atoms with Gasteiger partial charge < -0.3 is 14.6 Å². The van der Waals surface area contributed by atoms with Crippen molar-refractivity contribution >= 4 is 39.2 Å². The summed E-state index contributed by atoms with van der Waals surface area (Å²) in [5.41, 5.74) is 2.00. The number of benzene rings is 2. The summed E-state index contributed by atoms with van der Waals surface area (Å²) in [5.74, 6) is 1.91. The number of carbonyl (C=O) groups is 1. The van der Waals surface area contributed by atoms with Gasteiger partial charge in [-0.1, -0.05) is 11.8 Å². The van der Waals surface area contributed by atoms with Crippen LogP contribution in [0.3, 0.4) is 0 Å². The van der Waals surface area contributed by atoms with Gasteiger partial charge in [0.1, 0.15) is 17.4 Å². The summed E-state index contributed by atoms with van der Waals surface area (Å²) >= 11 is 1.24. The molecule has 4 rings (SSSR count). The number of sulfonamides is 1. The quantitative estimate of drug-likeness (QED) is 0.306. The van der Waals surface area contributed by atoms with E-state index in [2.05, 4.69) is 30.2 Å². The van der Waals surface area contributed by atoms with Crippen molar-refractivity contribution in [2.24, 2.45) is 7.05 Å². The zero-order valence-electron chi connectivity index (χ0n) is 20.6. The second-order valence-electron chi connectivity index (χ2n) is 8.00. The van der Waals surface area contributed by atoms with Gasteiger partial charge in [0.05, 0.1) is 17.8 Å². The highest BCUT2D eigenvalue weighted by Crippen LogP contribution is 2.25. The van der Waals surface area contributed by atoms with Crippen LogP contribution in [0.1, 0.15) is 11.5 Å². The van der Waals surface area contributed by atoms with Gasteiger partial charge in [-0.3, -0.25) is 9.52 Å². The molecule has 0 fully saturated rings. The van der Waals surface area contributed by atoms with Crippen LogP contribution in [0, 0.1) is 13.8 Å². The third-order valence-electron chi connectivity index (χ3n) is 5.17. The van der Waals surface area contributed by atoms with Gasteiger partial charge in [-0.2, -0.15) is 0 Å². The van der Waals surface area contributed by atoms with Crippen molar-refractivity contribution in [3.8, 4) is 17.1 Å². The molecule has 4 aromatic rings. The van der Waals surface area contributed by atoms with Crippen molar-refractivity contribution in [3.63, 3.8) is 0 Å². The van der Waals surface area contributed by atoms with E-state index in [0.29, 0.717) is 28.2 Å². The zero-order valence-corrected chi connectivity index (χ0v) is 22.2. The van der Waals surface area contributed by atoms with Crippen LogP contribution in [0.25, 0.3) is 11.4 Å². The smallest absolute Gasteiger partial charge is 0.263 e. The van der Waals surface area contributed by atoms with Gasteiger partial charge in [0.2, 0.25) is 5.91 Å². The molecule has 13 heteroatoms. The topological polar surface area (TPSA) is 141 Å². The number of carbonyl (C=O) groups excluding carboxylic acids is 1. The summed E-state index contributed by atoms with van der Waals surface area (Å²) < 4.78 is 34.8. The van der Waals surface area contributed by atoms with Crippen molar-refractivity contribution in [1.82, 2.24) is 24.7 Å². The van der Waals surface area contributed by atoms with Crippen molar-refractivity contribution < 1.29 is 17.9 Å². The lowest BCUT2D eigenvalue weighted by atomic mass is 10.2. The number of thioether (sulfide) groups is 1. The largest absolute Gasteiger partial charge is 0.497 e. The molecular formula is C24H25N7O4S2. The number of anilines is 2. The number of rotatable bonds is 9. The van der Waals surface area contributed by atoms with Gasteiger partial charge in [-0.25, -0.2) is 18.4 Å². The van der Waals surface area contributed by atoms with Crippen LogP contribution >= 0.6 is 11.8 Å². The molecule has 0 unspecified atom stereocenters. The number of ether oxygens (including phenoxy) is 1. The van der Waals surface area contributed by atoms with Crippen molar-refractivity contribution in [2.75, 3.05) is 22.9 Å². The van der Waals surface area contributed by atoms with E-state index < -0.39 is 10.0 Å². The van der Waals surface area contributed by atoms with E-state index in [-0.39, 0.29) is 22.4 Å². The molecule has 192 valence electrons. The SMILES string of the molecule is COc1ccc(-c2nnc(SCC(=O)Nc3ccc(S(=O)(=O)Nc4cc(C)nc(C)n4)cc3)n2C)cc1. The lowest BCUT2D eigenvalue weighted by Crippen LogP contribution is -2.16. The Labute approximate surface area is 218 Å². The Morgan fingerprint density at radius 2 is 1.73 bits per heavy atom. The Morgan fingerprint density at radius 1 is 1.03 bits per heavy atom. The van der Waals surface area contributed by atoms with Gasteiger partial charge in [0, 0.05) is 30.1 Å². The second kappa shape index (κ2) is 11.0. The Kier molecular flexibility index (Phi) is 7.74. The first-order valence-electron chi connectivity index (χ1n) is 11.1. The molecule has 0 atom stereocenters. The van der Waals surface area contributed by atoms with E-state index in [0.717, 1.165) is 11.3 Å². The molecule has 0 aliphatic carbocycles. The van der Waals surface area contributed by atoms with Gasteiger partial charge in [-0.15, -0.1) is 10.2 Å². The number of amides is 1. The molecule has 0 saturated carbocycles. The van der Waals surface area contributed by atoms with Gasteiger partial charge in [-0.05, 0) is 62.4 Å². The van der Waals surface area contributed by atoms with Crippen LogP contribution in [0.15, 0.2) is 64.6 Å². The molecule has 2 N–H and O–H groups in total. The Hall–Kier alpha value is -3.97. The molecule has 0 aliphatic rings. The maximum atomic E-state index is 12.7. The summed E-state index contributed by atoms with van der Waals surface area (Å²) in [6, 6.07) is 14.9. The highest BCUT2D eigenvalue weighted by molar-refractivity contribution is 7.99. The van der Waals surface area contributed by atoms with E-state index in [1.165, 1.54) is 36.0 Å². The van der Waals surface area contributed by atoms with Crippen LogP contribution in [0.5, 0.6) is 5.75 Å². The van der Waals surface area contributed by atoms with Crippen LogP contribution in [-0.4, -0.2) is 51.9 Å². The van der Waals surface area contributed by atoms with Crippen LogP contribution in [0.2, 0.25) is 0 Å². The zero-order chi connectivity index (χ0) is 26.6. The number of hydrogen-bond acceptors (Lipinski definition) is 9. The fourth-order valence-corrected chi connectivity index (χ4v) is 5.15. The fraction of sp³-hybridized carbons (Fsp3) is 0.208. The summed E-state index contributed by atoms with van der Waals surface area (Å²) in [6.45, 7) is 3.44. The van der Waals surface area contributed by atoms with E-state index >= 15 is 0 Å². The fourth-order valence-electron chi connectivity index (χ4n) is 3.44. The summed E-state index contributed by atoms with van der Waals surface area (Å²) in [4.78, 5) is 20.8. The molecule has 11 nitrogen and oxygen atoms in total. The van der Waals surface area contributed by atoms with E-state index in [1.807, 2.05) is 35.9 Å². The summed E-state index contributed by atoms with van der Waals surface area (Å²) in [6.07, 6.45) is 0. The number of nitrogens with zero attached hydrogens (tertiary/aromatic N) is 5. The van der Waals surface area contributed by atoms with Crippen LogP contribution in [-0.2, 0) is 21.9 Å². The molecule has 1 amide bonds. The van der Waals surface area contributed by atoms with Crippen molar-refractivity contribution in [1.29, 1.82) is 0 Å². The monoisotopic (exact) mass is 539 g/mol.